The first-order chi connectivity index (χ1) is 12.2. The predicted molar refractivity (Wildman–Crippen MR) is 98.0 cm³/mol. The van der Waals surface area contributed by atoms with Crippen molar-refractivity contribution in [2.75, 3.05) is 0 Å². The zero-order valence-corrected chi connectivity index (χ0v) is 14.5. The van der Waals surface area contributed by atoms with Crippen LogP contribution in [0.3, 0.4) is 0 Å². The second-order valence-electron chi connectivity index (χ2n) is 6.51. The van der Waals surface area contributed by atoms with E-state index in [0.717, 1.165) is 24.0 Å². The fourth-order valence-electron chi connectivity index (χ4n) is 3.33. The number of hydrogen-bond donors (Lipinski definition) is 1. The van der Waals surface area contributed by atoms with Crippen molar-refractivity contribution in [2.24, 2.45) is 0 Å². The van der Waals surface area contributed by atoms with E-state index in [1.54, 1.807) is 0 Å². The molecule has 3 rings (SSSR count). The Morgan fingerprint density at radius 3 is 2.36 bits per heavy atom. The van der Waals surface area contributed by atoms with Crippen molar-refractivity contribution < 1.29 is 9.59 Å². The van der Waals surface area contributed by atoms with Crippen LogP contribution in [0.25, 0.3) is 0 Å². The molecule has 0 aliphatic carbocycles. The molecule has 0 aromatic heterocycles. The van der Waals surface area contributed by atoms with Gasteiger partial charge in [-0.2, -0.15) is 0 Å². The number of nitrogens with one attached hydrogen (secondary N) is 1. The van der Waals surface area contributed by atoms with Gasteiger partial charge in [0.1, 0.15) is 0 Å². The van der Waals surface area contributed by atoms with Gasteiger partial charge >= 0.3 is 6.03 Å². The van der Waals surface area contributed by atoms with Crippen LogP contribution in [0.1, 0.15) is 43.4 Å². The quantitative estimate of drug-likeness (QED) is 0.808. The lowest BCUT2D eigenvalue weighted by Crippen LogP contribution is -2.59. The number of hydrogen-bond acceptors (Lipinski definition) is 2. The van der Waals surface area contributed by atoms with Crippen LogP contribution in [0.2, 0.25) is 0 Å². The first kappa shape index (κ1) is 17.2. The van der Waals surface area contributed by atoms with Gasteiger partial charge in [0, 0.05) is 6.42 Å². The van der Waals surface area contributed by atoms with E-state index in [1.807, 2.05) is 60.7 Å². The Morgan fingerprint density at radius 1 is 1.12 bits per heavy atom. The zero-order valence-electron chi connectivity index (χ0n) is 14.5. The molecule has 3 amide bonds. The number of urea groups is 1. The lowest BCUT2D eigenvalue weighted by atomic mass is 9.94. The van der Waals surface area contributed by atoms with Gasteiger partial charge in [0.15, 0.2) is 0 Å². The average Bonchev–Trinajstić information content (AvgIpc) is 2.62. The third kappa shape index (κ3) is 4.08. The summed E-state index contributed by atoms with van der Waals surface area (Å²) in [6.45, 7) is 2.09. The SMILES string of the molecule is CCC[C@@H](NC(=O)N1C(=O)C[C@@H]1Cc1ccccc1)c1ccccc1. The molecule has 0 saturated carbocycles. The number of nitrogens with zero attached hydrogens (tertiary/aromatic N) is 1. The van der Waals surface area contributed by atoms with E-state index in [-0.39, 0.29) is 24.0 Å². The number of likely N-dealkylation sites (tertiary alicyclic amines) is 1. The Labute approximate surface area is 148 Å². The molecule has 1 heterocycles. The molecule has 0 bridgehead atoms. The van der Waals surface area contributed by atoms with Crippen LogP contribution in [-0.4, -0.2) is 22.9 Å². The van der Waals surface area contributed by atoms with Crippen LogP contribution >= 0.6 is 0 Å². The molecule has 1 N–H and O–H groups in total. The summed E-state index contributed by atoms with van der Waals surface area (Å²) < 4.78 is 0. The molecule has 130 valence electrons. The van der Waals surface area contributed by atoms with Crippen molar-refractivity contribution in [3.63, 3.8) is 0 Å². The second-order valence-corrected chi connectivity index (χ2v) is 6.51. The number of amides is 3. The molecule has 0 radical (unpaired) electrons. The topological polar surface area (TPSA) is 49.4 Å². The van der Waals surface area contributed by atoms with Crippen molar-refractivity contribution >= 4 is 11.9 Å². The minimum absolute atomic E-state index is 0.0482. The number of carbonyl (C=O) groups is 2. The van der Waals surface area contributed by atoms with E-state index in [4.69, 9.17) is 0 Å². The first-order valence-corrected chi connectivity index (χ1v) is 8.90. The van der Waals surface area contributed by atoms with Gasteiger partial charge in [0.25, 0.3) is 0 Å². The second kappa shape index (κ2) is 7.97. The number of imide groups is 1. The summed E-state index contributed by atoms with van der Waals surface area (Å²) in [4.78, 5) is 26.1. The summed E-state index contributed by atoms with van der Waals surface area (Å²) in [6.07, 6.45) is 2.96. The summed E-state index contributed by atoms with van der Waals surface area (Å²) >= 11 is 0. The van der Waals surface area contributed by atoms with Crippen LogP contribution in [-0.2, 0) is 11.2 Å². The Balaban J connectivity index is 1.67. The minimum Gasteiger partial charge on any atom is -0.331 e. The first-order valence-electron chi connectivity index (χ1n) is 8.90. The number of carbonyl (C=O) groups excluding carboxylic acids is 2. The Bertz CT molecular complexity index is 715. The van der Waals surface area contributed by atoms with E-state index in [1.165, 1.54) is 4.90 Å². The fourth-order valence-corrected chi connectivity index (χ4v) is 3.33. The molecule has 4 heteroatoms. The highest BCUT2D eigenvalue weighted by molar-refractivity contribution is 5.99. The molecule has 1 aliphatic rings. The van der Waals surface area contributed by atoms with Gasteiger partial charge in [-0.1, -0.05) is 74.0 Å². The lowest BCUT2D eigenvalue weighted by Gasteiger charge is -2.39. The number of rotatable bonds is 6. The molecule has 2 aromatic carbocycles. The van der Waals surface area contributed by atoms with Crippen molar-refractivity contribution in [2.45, 2.75) is 44.7 Å². The number of benzene rings is 2. The highest BCUT2D eigenvalue weighted by Gasteiger charge is 2.41. The van der Waals surface area contributed by atoms with Gasteiger partial charge in [-0.3, -0.25) is 9.69 Å². The Hall–Kier alpha value is -2.62. The third-order valence-electron chi connectivity index (χ3n) is 4.65. The Kier molecular flexibility index (Phi) is 5.49. The smallest absolute Gasteiger partial charge is 0.324 e. The maximum absolute atomic E-state index is 12.7. The van der Waals surface area contributed by atoms with Gasteiger partial charge in [-0.25, -0.2) is 4.79 Å². The van der Waals surface area contributed by atoms with Crippen LogP contribution in [0.5, 0.6) is 0 Å². The van der Waals surface area contributed by atoms with Gasteiger partial charge < -0.3 is 5.32 Å². The molecule has 1 saturated heterocycles. The maximum atomic E-state index is 12.7. The normalized spacial score (nSPS) is 17.7. The molecular weight excluding hydrogens is 312 g/mol. The van der Waals surface area contributed by atoms with E-state index in [0.29, 0.717) is 12.8 Å². The molecule has 0 unspecified atom stereocenters. The summed E-state index contributed by atoms with van der Waals surface area (Å²) in [5.74, 6) is -0.0956. The van der Waals surface area contributed by atoms with E-state index in [9.17, 15) is 9.59 Å². The predicted octanol–water partition coefficient (Wildman–Crippen LogP) is 4.08. The summed E-state index contributed by atoms with van der Waals surface area (Å²) in [5.41, 5.74) is 2.22. The molecule has 1 fully saturated rings. The average molecular weight is 336 g/mol. The van der Waals surface area contributed by atoms with Crippen LogP contribution in [0, 0.1) is 0 Å². The van der Waals surface area contributed by atoms with E-state index >= 15 is 0 Å². The lowest BCUT2D eigenvalue weighted by molar-refractivity contribution is -0.140. The third-order valence-corrected chi connectivity index (χ3v) is 4.65. The Morgan fingerprint density at radius 2 is 1.76 bits per heavy atom. The highest BCUT2D eigenvalue weighted by Crippen LogP contribution is 2.25. The van der Waals surface area contributed by atoms with Gasteiger partial charge in [0.2, 0.25) is 5.91 Å². The van der Waals surface area contributed by atoms with Crippen molar-refractivity contribution in [1.82, 2.24) is 10.2 Å². The summed E-state index contributed by atoms with van der Waals surface area (Å²) in [7, 11) is 0. The molecule has 0 spiro atoms. The van der Waals surface area contributed by atoms with Crippen molar-refractivity contribution in [3.05, 3.63) is 71.8 Å². The van der Waals surface area contributed by atoms with Crippen LogP contribution in [0.4, 0.5) is 4.79 Å². The molecular formula is C21H24N2O2. The van der Waals surface area contributed by atoms with E-state index < -0.39 is 0 Å². The van der Waals surface area contributed by atoms with Crippen LogP contribution < -0.4 is 5.32 Å². The maximum Gasteiger partial charge on any atom is 0.324 e. The summed E-state index contributed by atoms with van der Waals surface area (Å²) in [5, 5.41) is 3.05. The molecule has 4 nitrogen and oxygen atoms in total. The zero-order chi connectivity index (χ0) is 17.6. The minimum atomic E-state index is -0.278. The fraction of sp³-hybridized carbons (Fsp3) is 0.333. The molecule has 1 aliphatic heterocycles. The highest BCUT2D eigenvalue weighted by atomic mass is 16.2. The van der Waals surface area contributed by atoms with E-state index in [2.05, 4.69) is 12.2 Å². The molecule has 2 atom stereocenters. The molecule has 2 aromatic rings. The van der Waals surface area contributed by atoms with Gasteiger partial charge in [0.05, 0.1) is 12.1 Å². The van der Waals surface area contributed by atoms with Gasteiger partial charge in [-0.05, 0) is 24.0 Å². The number of β-lactam (4-membered cyclic amide) rings is 1. The van der Waals surface area contributed by atoms with Gasteiger partial charge in [-0.15, -0.1) is 0 Å². The molecule has 25 heavy (non-hydrogen) atoms. The monoisotopic (exact) mass is 336 g/mol. The summed E-state index contributed by atoms with van der Waals surface area (Å²) in [6, 6.07) is 19.5. The van der Waals surface area contributed by atoms with Crippen LogP contribution in [0.15, 0.2) is 60.7 Å². The van der Waals surface area contributed by atoms with Crippen molar-refractivity contribution in [3.8, 4) is 0 Å². The standard InChI is InChI=1S/C21H24N2O2/c1-2-9-19(17-12-7-4-8-13-17)22-21(25)23-18(15-20(23)24)14-16-10-5-3-6-11-16/h3-8,10-13,18-19H,2,9,14-15H2,1H3,(H,22,25)/t18-,19+/m0/s1. The van der Waals surface area contributed by atoms with Crippen molar-refractivity contribution in [1.29, 1.82) is 0 Å². The largest absolute Gasteiger partial charge is 0.331 e.